The Morgan fingerprint density at radius 2 is 2.37 bits per heavy atom. The van der Waals surface area contributed by atoms with Crippen LogP contribution in [0.5, 0.6) is 5.75 Å². The van der Waals surface area contributed by atoms with Crippen molar-refractivity contribution in [3.05, 3.63) is 35.2 Å². The van der Waals surface area contributed by atoms with Crippen LogP contribution in [0.3, 0.4) is 0 Å². The third kappa shape index (κ3) is 3.32. The van der Waals surface area contributed by atoms with E-state index in [9.17, 15) is 9.18 Å². The summed E-state index contributed by atoms with van der Waals surface area (Å²) in [5.41, 5.74) is 1.01. The number of nitrogens with one attached hydrogen (secondary N) is 1. The summed E-state index contributed by atoms with van der Waals surface area (Å²) < 4.78 is 18.5. The first kappa shape index (κ1) is 13.5. The van der Waals surface area contributed by atoms with Crippen LogP contribution in [0.1, 0.15) is 18.9 Å². The van der Waals surface area contributed by atoms with Crippen molar-refractivity contribution in [2.24, 2.45) is 0 Å². The molecule has 0 aromatic heterocycles. The normalized spacial score (nSPS) is 15.0. The van der Waals surface area contributed by atoms with Crippen molar-refractivity contribution >= 4 is 12.0 Å². The van der Waals surface area contributed by atoms with Crippen molar-refractivity contribution in [3.8, 4) is 5.75 Å². The molecule has 2 rings (SSSR count). The van der Waals surface area contributed by atoms with Crippen molar-refractivity contribution in [1.29, 1.82) is 0 Å². The van der Waals surface area contributed by atoms with Gasteiger partial charge < -0.3 is 15.2 Å². The number of ether oxygens (including phenoxy) is 1. The molecule has 1 aliphatic rings. The molecule has 0 bridgehead atoms. The number of fused-ring (bicyclic) bond motifs is 1. The molecular weight excluding hydrogens is 249 g/mol. The molecule has 5 heteroatoms. The fourth-order valence-electron chi connectivity index (χ4n) is 1.86. The van der Waals surface area contributed by atoms with Crippen LogP contribution in [0.2, 0.25) is 0 Å². The molecule has 102 valence electrons. The summed E-state index contributed by atoms with van der Waals surface area (Å²) in [7, 11) is 0. The van der Waals surface area contributed by atoms with Crippen LogP contribution in [-0.2, 0) is 4.79 Å². The molecule has 2 N–H and O–H groups in total. The first-order valence-corrected chi connectivity index (χ1v) is 6.15. The van der Waals surface area contributed by atoms with E-state index in [0.717, 1.165) is 0 Å². The summed E-state index contributed by atoms with van der Waals surface area (Å²) >= 11 is 0. The van der Waals surface area contributed by atoms with Crippen LogP contribution < -0.4 is 10.1 Å². The van der Waals surface area contributed by atoms with E-state index in [-0.39, 0.29) is 31.0 Å². The van der Waals surface area contributed by atoms with Crippen molar-refractivity contribution in [1.82, 2.24) is 5.32 Å². The van der Waals surface area contributed by atoms with Gasteiger partial charge in [0.2, 0.25) is 0 Å². The monoisotopic (exact) mass is 265 g/mol. The predicted octanol–water partition coefficient (Wildman–Crippen LogP) is 1.49. The van der Waals surface area contributed by atoms with Crippen LogP contribution in [-0.4, -0.2) is 30.3 Å². The van der Waals surface area contributed by atoms with Gasteiger partial charge >= 0.3 is 0 Å². The van der Waals surface area contributed by atoms with Gasteiger partial charge in [-0.2, -0.15) is 0 Å². The SMILES string of the molecule is CC(CCO)NC(=O)C1=Cc2cc(F)ccc2OC1. The van der Waals surface area contributed by atoms with Gasteiger partial charge in [-0.05, 0) is 37.6 Å². The third-order valence-corrected chi connectivity index (χ3v) is 2.92. The lowest BCUT2D eigenvalue weighted by atomic mass is 10.1. The molecule has 1 amide bonds. The largest absolute Gasteiger partial charge is 0.488 e. The lowest BCUT2D eigenvalue weighted by Gasteiger charge is -2.19. The number of aliphatic hydroxyl groups is 1. The maximum absolute atomic E-state index is 13.1. The molecule has 0 fully saturated rings. The highest BCUT2D eigenvalue weighted by molar-refractivity contribution is 5.99. The smallest absolute Gasteiger partial charge is 0.250 e. The molecule has 1 unspecified atom stereocenters. The molecule has 1 aromatic carbocycles. The highest BCUT2D eigenvalue weighted by Crippen LogP contribution is 2.26. The van der Waals surface area contributed by atoms with E-state index in [2.05, 4.69) is 5.32 Å². The lowest BCUT2D eigenvalue weighted by molar-refractivity contribution is -0.118. The molecule has 1 heterocycles. The number of carbonyl (C=O) groups excluding carboxylic acids is 1. The second kappa shape index (κ2) is 5.84. The van der Waals surface area contributed by atoms with Crippen molar-refractivity contribution in [3.63, 3.8) is 0 Å². The summed E-state index contributed by atoms with van der Waals surface area (Å²) in [5, 5.41) is 11.5. The van der Waals surface area contributed by atoms with Crippen LogP contribution >= 0.6 is 0 Å². The minimum absolute atomic E-state index is 0.0189. The minimum Gasteiger partial charge on any atom is -0.488 e. The van der Waals surface area contributed by atoms with E-state index in [1.807, 2.05) is 6.92 Å². The Morgan fingerprint density at radius 3 is 3.11 bits per heavy atom. The van der Waals surface area contributed by atoms with Gasteiger partial charge in [0.15, 0.2) is 0 Å². The van der Waals surface area contributed by atoms with E-state index in [1.54, 1.807) is 12.1 Å². The average molecular weight is 265 g/mol. The van der Waals surface area contributed by atoms with E-state index in [1.165, 1.54) is 12.1 Å². The zero-order valence-electron chi connectivity index (χ0n) is 10.6. The number of hydrogen-bond acceptors (Lipinski definition) is 3. The molecule has 0 aliphatic carbocycles. The summed E-state index contributed by atoms with van der Waals surface area (Å²) in [5.74, 6) is -0.0499. The Hall–Kier alpha value is -1.88. The number of carbonyl (C=O) groups is 1. The van der Waals surface area contributed by atoms with Gasteiger partial charge in [0.25, 0.3) is 5.91 Å². The van der Waals surface area contributed by atoms with Gasteiger partial charge in [0, 0.05) is 18.2 Å². The maximum Gasteiger partial charge on any atom is 0.250 e. The predicted molar refractivity (Wildman–Crippen MR) is 69.2 cm³/mol. The number of benzene rings is 1. The van der Waals surface area contributed by atoms with Crippen LogP contribution in [0.15, 0.2) is 23.8 Å². The molecule has 19 heavy (non-hydrogen) atoms. The van der Waals surface area contributed by atoms with Gasteiger partial charge in [-0.15, -0.1) is 0 Å². The summed E-state index contributed by atoms with van der Waals surface area (Å²) in [4.78, 5) is 11.9. The summed E-state index contributed by atoms with van der Waals surface area (Å²) in [6.07, 6.45) is 2.12. The fourth-order valence-corrected chi connectivity index (χ4v) is 1.86. The number of aliphatic hydroxyl groups excluding tert-OH is 1. The zero-order chi connectivity index (χ0) is 13.8. The molecule has 1 atom stereocenters. The van der Waals surface area contributed by atoms with Crippen molar-refractivity contribution in [2.45, 2.75) is 19.4 Å². The fraction of sp³-hybridized carbons (Fsp3) is 0.357. The highest BCUT2D eigenvalue weighted by Gasteiger charge is 2.18. The Labute approximate surface area is 110 Å². The molecule has 0 spiro atoms. The molecule has 1 aliphatic heterocycles. The molecular formula is C14H16FNO3. The molecule has 0 saturated carbocycles. The van der Waals surface area contributed by atoms with Crippen molar-refractivity contribution in [2.75, 3.05) is 13.2 Å². The Balaban J connectivity index is 2.12. The van der Waals surface area contributed by atoms with Gasteiger partial charge in [0.05, 0.1) is 5.57 Å². The molecule has 4 nitrogen and oxygen atoms in total. The van der Waals surface area contributed by atoms with Gasteiger partial charge in [-0.25, -0.2) is 4.39 Å². The lowest BCUT2D eigenvalue weighted by Crippen LogP contribution is -2.36. The molecule has 0 saturated heterocycles. The molecule has 0 radical (unpaired) electrons. The first-order valence-electron chi connectivity index (χ1n) is 6.15. The van der Waals surface area contributed by atoms with Crippen LogP contribution in [0, 0.1) is 5.82 Å². The Bertz CT molecular complexity index is 513. The van der Waals surface area contributed by atoms with Gasteiger partial charge in [-0.3, -0.25) is 4.79 Å². The number of amides is 1. The first-order chi connectivity index (χ1) is 9.10. The number of rotatable bonds is 4. The zero-order valence-corrected chi connectivity index (χ0v) is 10.6. The third-order valence-electron chi connectivity index (χ3n) is 2.92. The van der Waals surface area contributed by atoms with Crippen LogP contribution in [0.4, 0.5) is 4.39 Å². The summed E-state index contributed by atoms with van der Waals surface area (Å²) in [6, 6.07) is 4.08. The average Bonchev–Trinajstić information content (AvgIpc) is 2.38. The second-order valence-electron chi connectivity index (χ2n) is 4.53. The minimum atomic E-state index is -0.367. The van der Waals surface area contributed by atoms with Crippen LogP contribution in [0.25, 0.3) is 6.08 Å². The quantitative estimate of drug-likeness (QED) is 0.867. The topological polar surface area (TPSA) is 58.6 Å². The summed E-state index contributed by atoms with van der Waals surface area (Å²) in [6.45, 7) is 1.99. The van der Waals surface area contributed by atoms with E-state index in [4.69, 9.17) is 9.84 Å². The van der Waals surface area contributed by atoms with Crippen molar-refractivity contribution < 1.29 is 19.0 Å². The standard InChI is InChI=1S/C14H16FNO3/c1-9(4-5-17)16-14(18)11-6-10-7-12(15)2-3-13(10)19-8-11/h2-3,6-7,9,17H,4-5,8H2,1H3,(H,16,18). The highest BCUT2D eigenvalue weighted by atomic mass is 19.1. The van der Waals surface area contributed by atoms with E-state index < -0.39 is 0 Å². The molecule has 1 aromatic rings. The number of hydrogen-bond donors (Lipinski definition) is 2. The number of halogens is 1. The van der Waals surface area contributed by atoms with E-state index >= 15 is 0 Å². The van der Waals surface area contributed by atoms with Gasteiger partial charge in [0.1, 0.15) is 18.2 Å². The maximum atomic E-state index is 13.1. The van der Waals surface area contributed by atoms with E-state index in [0.29, 0.717) is 23.3 Å². The second-order valence-corrected chi connectivity index (χ2v) is 4.53. The Kier molecular flexibility index (Phi) is 4.16. The van der Waals surface area contributed by atoms with Gasteiger partial charge in [-0.1, -0.05) is 0 Å². The Morgan fingerprint density at radius 1 is 1.58 bits per heavy atom.